The predicted molar refractivity (Wildman–Crippen MR) is 77.4 cm³/mol. The molecule has 1 rings (SSSR count). The Balaban J connectivity index is 2.85. The van der Waals surface area contributed by atoms with Crippen LogP contribution in [-0.4, -0.2) is 35.3 Å². The molecule has 2 unspecified atom stereocenters. The van der Waals surface area contributed by atoms with E-state index in [1.807, 2.05) is 0 Å². The molecule has 9 heteroatoms. The summed E-state index contributed by atoms with van der Waals surface area (Å²) in [5, 5.41) is 13.3. The molecule has 2 atom stereocenters. The summed E-state index contributed by atoms with van der Waals surface area (Å²) in [7, 11) is 0. The van der Waals surface area contributed by atoms with Gasteiger partial charge in [-0.05, 0) is 31.4 Å². The molecular formula is C13H16F4N2O2S. The Kier molecular flexibility index (Phi) is 6.48. The Hall–Kier alpha value is -1.48. The molecule has 0 aliphatic carbocycles. The van der Waals surface area contributed by atoms with Crippen LogP contribution in [-0.2, 0) is 6.18 Å². The summed E-state index contributed by atoms with van der Waals surface area (Å²) in [6.07, 6.45) is -3.05. The van der Waals surface area contributed by atoms with E-state index in [0.717, 1.165) is 12.1 Å². The molecule has 0 fully saturated rings. The van der Waals surface area contributed by atoms with Crippen molar-refractivity contribution >= 4 is 23.5 Å². The van der Waals surface area contributed by atoms with Crippen LogP contribution in [0.4, 0.5) is 28.0 Å². The number of urea groups is 1. The maximum atomic E-state index is 13.0. The summed E-state index contributed by atoms with van der Waals surface area (Å²) in [5.74, 6) is -1.05. The third-order valence-electron chi connectivity index (χ3n) is 2.93. The number of hydrogen-bond acceptors (Lipinski definition) is 3. The highest BCUT2D eigenvalue weighted by atomic mass is 32.2. The van der Waals surface area contributed by atoms with Gasteiger partial charge in [0.1, 0.15) is 5.82 Å². The lowest BCUT2D eigenvalue weighted by Crippen LogP contribution is -2.43. The van der Waals surface area contributed by atoms with E-state index in [0.29, 0.717) is 6.07 Å². The first-order chi connectivity index (χ1) is 10.2. The van der Waals surface area contributed by atoms with Gasteiger partial charge >= 0.3 is 12.2 Å². The SMILES string of the molecule is CSC(CO)C(C)NC(=O)Nc1ccc(F)cc1C(F)(F)F. The lowest BCUT2D eigenvalue weighted by Gasteiger charge is -2.22. The first-order valence-electron chi connectivity index (χ1n) is 6.27. The third-order valence-corrected chi connectivity index (χ3v) is 4.10. The van der Waals surface area contributed by atoms with Gasteiger partial charge < -0.3 is 15.7 Å². The molecule has 0 heterocycles. The van der Waals surface area contributed by atoms with Crippen LogP contribution in [0.2, 0.25) is 0 Å². The Bertz CT molecular complexity index is 521. The van der Waals surface area contributed by atoms with Gasteiger partial charge in [0.05, 0.1) is 17.9 Å². The van der Waals surface area contributed by atoms with E-state index in [1.54, 1.807) is 13.2 Å². The van der Waals surface area contributed by atoms with Crippen molar-refractivity contribution in [3.63, 3.8) is 0 Å². The summed E-state index contributed by atoms with van der Waals surface area (Å²) >= 11 is 1.31. The Labute approximate surface area is 129 Å². The van der Waals surface area contributed by atoms with Gasteiger partial charge in [-0.15, -0.1) is 0 Å². The number of hydrogen-bond donors (Lipinski definition) is 3. The van der Waals surface area contributed by atoms with Gasteiger partial charge in [-0.25, -0.2) is 9.18 Å². The first kappa shape index (κ1) is 18.6. The largest absolute Gasteiger partial charge is 0.418 e. The summed E-state index contributed by atoms with van der Waals surface area (Å²) in [6, 6.07) is 0.664. The average Bonchev–Trinajstić information content (AvgIpc) is 2.40. The van der Waals surface area contributed by atoms with Crippen LogP contribution in [0.3, 0.4) is 0 Å². The maximum absolute atomic E-state index is 13.0. The molecule has 0 bridgehead atoms. The van der Waals surface area contributed by atoms with Crippen molar-refractivity contribution in [2.75, 3.05) is 18.2 Å². The van der Waals surface area contributed by atoms with Gasteiger partial charge in [-0.3, -0.25) is 0 Å². The molecule has 0 aliphatic rings. The number of halogens is 4. The fourth-order valence-corrected chi connectivity index (χ4v) is 2.38. The zero-order valence-electron chi connectivity index (χ0n) is 11.9. The fourth-order valence-electron chi connectivity index (χ4n) is 1.75. The fraction of sp³-hybridized carbons (Fsp3) is 0.462. The number of alkyl halides is 3. The molecule has 1 aromatic rings. The standard InChI is InChI=1S/C13H16F4N2O2S/c1-7(11(6-20)22-2)18-12(21)19-10-4-3-8(14)5-9(10)13(15,16)17/h3-5,7,11,20H,6H2,1-2H3,(H2,18,19,21). The zero-order valence-corrected chi connectivity index (χ0v) is 12.7. The molecule has 0 saturated carbocycles. The molecular weight excluding hydrogens is 324 g/mol. The van der Waals surface area contributed by atoms with Crippen molar-refractivity contribution in [3.8, 4) is 0 Å². The molecule has 0 spiro atoms. The number of aliphatic hydroxyl groups is 1. The van der Waals surface area contributed by atoms with E-state index < -0.39 is 35.3 Å². The third kappa shape index (κ3) is 5.06. The van der Waals surface area contributed by atoms with E-state index in [4.69, 9.17) is 5.11 Å². The van der Waals surface area contributed by atoms with E-state index in [1.165, 1.54) is 11.8 Å². The Morgan fingerprint density at radius 2 is 2.05 bits per heavy atom. The number of carbonyl (C=O) groups excluding carboxylic acids is 1. The molecule has 0 saturated heterocycles. The van der Waals surface area contributed by atoms with Gasteiger partial charge in [0, 0.05) is 11.3 Å². The molecule has 2 amide bonds. The number of nitrogens with one attached hydrogen (secondary N) is 2. The van der Waals surface area contributed by atoms with Crippen LogP contribution >= 0.6 is 11.8 Å². The lowest BCUT2D eigenvalue weighted by atomic mass is 10.1. The van der Waals surface area contributed by atoms with E-state index in [9.17, 15) is 22.4 Å². The minimum Gasteiger partial charge on any atom is -0.395 e. The second kappa shape index (κ2) is 7.68. The van der Waals surface area contributed by atoms with E-state index in [-0.39, 0.29) is 11.9 Å². The van der Waals surface area contributed by atoms with Crippen LogP contribution in [0.15, 0.2) is 18.2 Å². The average molecular weight is 340 g/mol. The van der Waals surface area contributed by atoms with Crippen molar-refractivity contribution in [2.24, 2.45) is 0 Å². The quantitative estimate of drug-likeness (QED) is 0.722. The predicted octanol–water partition coefficient (Wildman–Crippen LogP) is 3.08. The minimum atomic E-state index is -4.79. The minimum absolute atomic E-state index is 0.188. The number of benzene rings is 1. The van der Waals surface area contributed by atoms with Crippen LogP contribution in [0, 0.1) is 5.82 Å². The Morgan fingerprint density at radius 3 is 2.55 bits per heavy atom. The smallest absolute Gasteiger partial charge is 0.395 e. The van der Waals surface area contributed by atoms with Crippen LogP contribution in [0.5, 0.6) is 0 Å². The monoisotopic (exact) mass is 340 g/mol. The normalized spacial score (nSPS) is 14.3. The number of anilines is 1. The number of rotatable bonds is 5. The van der Waals surface area contributed by atoms with Gasteiger partial charge in [0.2, 0.25) is 0 Å². The molecule has 124 valence electrons. The molecule has 4 nitrogen and oxygen atoms in total. The van der Waals surface area contributed by atoms with Crippen molar-refractivity contribution in [3.05, 3.63) is 29.6 Å². The number of carbonyl (C=O) groups is 1. The van der Waals surface area contributed by atoms with Crippen LogP contribution in [0.25, 0.3) is 0 Å². The van der Waals surface area contributed by atoms with Crippen LogP contribution in [0.1, 0.15) is 12.5 Å². The summed E-state index contributed by atoms with van der Waals surface area (Å²) in [5.41, 5.74) is -1.80. The second-order valence-electron chi connectivity index (χ2n) is 4.53. The highest BCUT2D eigenvalue weighted by molar-refractivity contribution is 7.99. The van der Waals surface area contributed by atoms with Crippen molar-refractivity contribution in [1.82, 2.24) is 5.32 Å². The molecule has 22 heavy (non-hydrogen) atoms. The second-order valence-corrected chi connectivity index (χ2v) is 5.61. The van der Waals surface area contributed by atoms with E-state index in [2.05, 4.69) is 10.6 Å². The van der Waals surface area contributed by atoms with Gasteiger partial charge in [-0.2, -0.15) is 24.9 Å². The molecule has 0 aliphatic heterocycles. The molecule has 1 aromatic carbocycles. The van der Waals surface area contributed by atoms with E-state index >= 15 is 0 Å². The van der Waals surface area contributed by atoms with Gasteiger partial charge in [0.25, 0.3) is 0 Å². The first-order valence-corrected chi connectivity index (χ1v) is 7.55. The lowest BCUT2D eigenvalue weighted by molar-refractivity contribution is -0.137. The summed E-state index contributed by atoms with van der Waals surface area (Å²) in [4.78, 5) is 11.7. The summed E-state index contributed by atoms with van der Waals surface area (Å²) < 4.78 is 51.4. The molecule has 0 aromatic heterocycles. The topological polar surface area (TPSA) is 61.4 Å². The molecule has 0 radical (unpaired) electrons. The maximum Gasteiger partial charge on any atom is 0.418 e. The zero-order chi connectivity index (χ0) is 16.9. The Morgan fingerprint density at radius 1 is 1.41 bits per heavy atom. The van der Waals surface area contributed by atoms with Gasteiger partial charge in [0.15, 0.2) is 0 Å². The number of amides is 2. The van der Waals surface area contributed by atoms with Crippen molar-refractivity contribution in [2.45, 2.75) is 24.4 Å². The highest BCUT2D eigenvalue weighted by Gasteiger charge is 2.34. The van der Waals surface area contributed by atoms with Crippen LogP contribution < -0.4 is 10.6 Å². The highest BCUT2D eigenvalue weighted by Crippen LogP contribution is 2.35. The van der Waals surface area contributed by atoms with Gasteiger partial charge in [-0.1, -0.05) is 0 Å². The van der Waals surface area contributed by atoms with Crippen molar-refractivity contribution in [1.29, 1.82) is 0 Å². The van der Waals surface area contributed by atoms with Crippen molar-refractivity contribution < 1.29 is 27.5 Å². The number of aliphatic hydroxyl groups excluding tert-OH is 1. The molecule has 3 N–H and O–H groups in total. The number of thioether (sulfide) groups is 1. The summed E-state index contributed by atoms with van der Waals surface area (Å²) in [6.45, 7) is 1.43.